The molecule has 1 saturated carbocycles. The zero-order valence-electron chi connectivity index (χ0n) is 15.2. The second kappa shape index (κ2) is 7.89. The number of hydrogen-bond acceptors (Lipinski definition) is 3. The number of aryl methyl sites for hydroxylation is 1. The van der Waals surface area contributed by atoms with Gasteiger partial charge in [-0.2, -0.15) is 0 Å². The van der Waals surface area contributed by atoms with Crippen molar-refractivity contribution in [1.29, 1.82) is 0 Å². The van der Waals surface area contributed by atoms with Crippen LogP contribution in [0.4, 0.5) is 0 Å². The number of nitrogens with one attached hydrogen (secondary N) is 1. The monoisotopic (exact) mass is 344 g/mol. The summed E-state index contributed by atoms with van der Waals surface area (Å²) in [6.07, 6.45) is 5.27. The summed E-state index contributed by atoms with van der Waals surface area (Å²) >= 11 is 0. The molecule has 0 radical (unpaired) electrons. The predicted molar refractivity (Wildman–Crippen MR) is 96.5 cm³/mol. The van der Waals surface area contributed by atoms with E-state index in [4.69, 9.17) is 4.74 Å². The van der Waals surface area contributed by atoms with Crippen LogP contribution in [0.2, 0.25) is 0 Å². The van der Waals surface area contributed by atoms with Crippen LogP contribution in [-0.2, 0) is 9.59 Å². The fourth-order valence-corrected chi connectivity index (χ4v) is 3.85. The van der Waals surface area contributed by atoms with Crippen LogP contribution in [0.3, 0.4) is 0 Å². The SMILES string of the molecule is Cc1cccc(OCC(=O)NC[C@@H]2CC(=O)N(C3CCCC3)C2)c1C. The van der Waals surface area contributed by atoms with Crippen LogP contribution in [0, 0.1) is 19.8 Å². The first-order valence-electron chi connectivity index (χ1n) is 9.29. The third-order valence-corrected chi connectivity index (χ3v) is 5.51. The second-order valence-corrected chi connectivity index (χ2v) is 7.35. The van der Waals surface area contributed by atoms with E-state index in [2.05, 4.69) is 5.32 Å². The normalized spacial score (nSPS) is 21.0. The highest BCUT2D eigenvalue weighted by Gasteiger charge is 2.35. The molecular weight excluding hydrogens is 316 g/mol. The first-order valence-corrected chi connectivity index (χ1v) is 9.29. The van der Waals surface area contributed by atoms with Crippen molar-refractivity contribution in [1.82, 2.24) is 10.2 Å². The first-order chi connectivity index (χ1) is 12.0. The molecule has 1 atom stereocenters. The number of ether oxygens (including phenoxy) is 1. The minimum Gasteiger partial charge on any atom is -0.483 e. The van der Waals surface area contributed by atoms with Crippen molar-refractivity contribution in [2.24, 2.45) is 5.92 Å². The van der Waals surface area contributed by atoms with E-state index in [1.165, 1.54) is 12.8 Å². The van der Waals surface area contributed by atoms with Crippen molar-refractivity contribution in [3.8, 4) is 5.75 Å². The van der Waals surface area contributed by atoms with Crippen LogP contribution in [-0.4, -0.2) is 42.5 Å². The van der Waals surface area contributed by atoms with Gasteiger partial charge in [-0.05, 0) is 43.9 Å². The lowest BCUT2D eigenvalue weighted by molar-refractivity contribution is -0.129. The van der Waals surface area contributed by atoms with Crippen molar-refractivity contribution < 1.29 is 14.3 Å². The van der Waals surface area contributed by atoms with Gasteiger partial charge in [0.05, 0.1) is 0 Å². The van der Waals surface area contributed by atoms with Crippen molar-refractivity contribution in [2.75, 3.05) is 19.7 Å². The number of benzene rings is 1. The largest absolute Gasteiger partial charge is 0.483 e. The van der Waals surface area contributed by atoms with Gasteiger partial charge in [0.15, 0.2) is 6.61 Å². The van der Waals surface area contributed by atoms with Gasteiger partial charge in [0.1, 0.15) is 5.75 Å². The molecule has 2 amide bonds. The summed E-state index contributed by atoms with van der Waals surface area (Å²) in [7, 11) is 0. The lowest BCUT2D eigenvalue weighted by Gasteiger charge is -2.24. The smallest absolute Gasteiger partial charge is 0.257 e. The standard InChI is InChI=1S/C20H28N2O3/c1-14-6-5-9-18(15(14)2)25-13-19(23)21-11-16-10-20(24)22(12-16)17-7-3-4-8-17/h5-6,9,16-17H,3-4,7-8,10-13H2,1-2H3,(H,21,23)/t16-/m0/s1. The molecule has 5 nitrogen and oxygen atoms in total. The fraction of sp³-hybridized carbons (Fsp3) is 0.600. The summed E-state index contributed by atoms with van der Waals surface area (Å²) in [6.45, 7) is 5.35. The van der Waals surface area contributed by atoms with Crippen molar-refractivity contribution >= 4 is 11.8 Å². The Balaban J connectivity index is 1.42. The molecule has 5 heteroatoms. The Hall–Kier alpha value is -2.04. The molecule has 3 rings (SSSR count). The summed E-state index contributed by atoms with van der Waals surface area (Å²) < 4.78 is 5.63. The van der Waals surface area contributed by atoms with Gasteiger partial charge in [0, 0.05) is 31.5 Å². The maximum absolute atomic E-state index is 12.2. The van der Waals surface area contributed by atoms with Crippen LogP contribution in [0.1, 0.15) is 43.2 Å². The van der Waals surface area contributed by atoms with Crippen molar-refractivity contribution in [3.05, 3.63) is 29.3 Å². The Kier molecular flexibility index (Phi) is 5.61. The van der Waals surface area contributed by atoms with Gasteiger partial charge in [-0.15, -0.1) is 0 Å². The fourth-order valence-electron chi connectivity index (χ4n) is 3.85. The molecule has 1 N–H and O–H groups in total. The minimum atomic E-state index is -0.132. The maximum atomic E-state index is 12.2. The molecule has 1 aromatic rings. The average molecular weight is 344 g/mol. The number of amides is 2. The molecule has 1 aliphatic heterocycles. The number of carbonyl (C=O) groups excluding carboxylic acids is 2. The van der Waals surface area contributed by atoms with E-state index in [0.717, 1.165) is 36.3 Å². The lowest BCUT2D eigenvalue weighted by atomic mass is 10.1. The summed E-state index contributed by atoms with van der Waals surface area (Å²) in [5.41, 5.74) is 2.21. The molecule has 1 saturated heterocycles. The van der Waals surface area contributed by atoms with E-state index in [1.807, 2.05) is 36.9 Å². The summed E-state index contributed by atoms with van der Waals surface area (Å²) in [5, 5.41) is 2.92. The summed E-state index contributed by atoms with van der Waals surface area (Å²) in [5.74, 6) is 1.09. The van der Waals surface area contributed by atoms with Gasteiger partial charge >= 0.3 is 0 Å². The minimum absolute atomic E-state index is 0.0112. The van der Waals surface area contributed by atoms with Crippen LogP contribution in [0.25, 0.3) is 0 Å². The van der Waals surface area contributed by atoms with Gasteiger partial charge in [-0.3, -0.25) is 9.59 Å². The van der Waals surface area contributed by atoms with E-state index < -0.39 is 0 Å². The zero-order chi connectivity index (χ0) is 17.8. The van der Waals surface area contributed by atoms with Gasteiger partial charge < -0.3 is 15.0 Å². The van der Waals surface area contributed by atoms with Crippen molar-refractivity contribution in [2.45, 2.75) is 52.0 Å². The molecule has 0 unspecified atom stereocenters. The first kappa shape index (κ1) is 17.8. The van der Waals surface area contributed by atoms with Gasteiger partial charge in [-0.1, -0.05) is 25.0 Å². The molecular formula is C20H28N2O3. The van der Waals surface area contributed by atoms with Gasteiger partial charge in [0.2, 0.25) is 5.91 Å². The predicted octanol–water partition coefficient (Wildman–Crippen LogP) is 2.59. The number of rotatable bonds is 6. The highest BCUT2D eigenvalue weighted by Crippen LogP contribution is 2.29. The molecule has 1 heterocycles. The van der Waals surface area contributed by atoms with E-state index >= 15 is 0 Å². The van der Waals surface area contributed by atoms with Crippen LogP contribution >= 0.6 is 0 Å². The average Bonchev–Trinajstić information content (AvgIpc) is 3.23. The number of carbonyl (C=O) groups is 2. The number of likely N-dealkylation sites (tertiary alicyclic amines) is 1. The molecule has 0 spiro atoms. The quantitative estimate of drug-likeness (QED) is 0.863. The Morgan fingerprint density at radius 2 is 2.04 bits per heavy atom. The summed E-state index contributed by atoms with van der Waals surface area (Å²) in [6, 6.07) is 6.26. The summed E-state index contributed by atoms with van der Waals surface area (Å²) in [4.78, 5) is 26.3. The Bertz CT molecular complexity index is 638. The molecule has 136 valence electrons. The van der Waals surface area contributed by atoms with E-state index in [1.54, 1.807) is 0 Å². The highest BCUT2D eigenvalue weighted by molar-refractivity contribution is 5.80. The molecule has 1 aliphatic carbocycles. The second-order valence-electron chi connectivity index (χ2n) is 7.35. The van der Waals surface area contributed by atoms with E-state index in [9.17, 15) is 9.59 Å². The van der Waals surface area contributed by atoms with E-state index in [-0.39, 0.29) is 24.3 Å². The molecule has 2 fully saturated rings. The molecule has 2 aliphatic rings. The van der Waals surface area contributed by atoms with Crippen molar-refractivity contribution in [3.63, 3.8) is 0 Å². The highest BCUT2D eigenvalue weighted by atomic mass is 16.5. The van der Waals surface area contributed by atoms with Crippen LogP contribution in [0.5, 0.6) is 5.75 Å². The number of nitrogens with zero attached hydrogens (tertiary/aromatic N) is 1. The number of hydrogen-bond donors (Lipinski definition) is 1. The third-order valence-electron chi connectivity index (χ3n) is 5.51. The molecule has 25 heavy (non-hydrogen) atoms. The zero-order valence-corrected chi connectivity index (χ0v) is 15.2. The Morgan fingerprint density at radius 1 is 1.28 bits per heavy atom. The molecule has 0 aromatic heterocycles. The molecule has 1 aromatic carbocycles. The van der Waals surface area contributed by atoms with Gasteiger partial charge in [-0.25, -0.2) is 0 Å². The molecule has 0 bridgehead atoms. The van der Waals surface area contributed by atoms with Crippen LogP contribution < -0.4 is 10.1 Å². The maximum Gasteiger partial charge on any atom is 0.257 e. The van der Waals surface area contributed by atoms with Crippen LogP contribution in [0.15, 0.2) is 18.2 Å². The lowest BCUT2D eigenvalue weighted by Crippen LogP contribution is -2.36. The van der Waals surface area contributed by atoms with E-state index in [0.29, 0.717) is 19.0 Å². The van der Waals surface area contributed by atoms with Gasteiger partial charge in [0.25, 0.3) is 5.91 Å². The topological polar surface area (TPSA) is 58.6 Å². The Morgan fingerprint density at radius 3 is 2.80 bits per heavy atom. The Labute approximate surface area is 149 Å². The third kappa shape index (κ3) is 4.33.